The molecule has 0 unspecified atom stereocenters. The number of rotatable bonds is 4. The molecule has 3 rings (SSSR count). The van der Waals surface area contributed by atoms with Crippen molar-refractivity contribution in [1.29, 1.82) is 0 Å². The second-order valence-electron chi connectivity index (χ2n) is 4.16. The predicted molar refractivity (Wildman–Crippen MR) is 82.9 cm³/mol. The molecule has 0 bridgehead atoms. The standard InChI is InChI=1S/C14H10BrClN4O/c15-11-6-10(7-16)13(17-8-11)21-14-18-9-20(19-14)12-4-2-1-3-5-12/h1-6,8-9H,7H2. The van der Waals surface area contributed by atoms with E-state index in [9.17, 15) is 0 Å². The van der Waals surface area contributed by atoms with E-state index >= 15 is 0 Å². The first-order chi connectivity index (χ1) is 10.3. The lowest BCUT2D eigenvalue weighted by Gasteiger charge is -2.05. The molecule has 0 aliphatic rings. The fourth-order valence-electron chi connectivity index (χ4n) is 1.74. The van der Waals surface area contributed by atoms with Crippen molar-refractivity contribution in [3.8, 4) is 17.6 Å². The SMILES string of the molecule is ClCc1cc(Br)cnc1Oc1ncn(-c2ccccc2)n1. The Hall–Kier alpha value is -1.92. The Morgan fingerprint density at radius 2 is 2.00 bits per heavy atom. The predicted octanol–water partition coefficient (Wildman–Crippen LogP) is 3.96. The van der Waals surface area contributed by atoms with Crippen molar-refractivity contribution < 1.29 is 4.74 Å². The molecule has 0 atom stereocenters. The zero-order valence-corrected chi connectivity index (χ0v) is 13.1. The highest BCUT2D eigenvalue weighted by atomic mass is 79.9. The van der Waals surface area contributed by atoms with Crippen molar-refractivity contribution in [3.05, 3.63) is 59.0 Å². The van der Waals surface area contributed by atoms with Gasteiger partial charge in [0.05, 0.1) is 11.6 Å². The lowest BCUT2D eigenvalue weighted by molar-refractivity contribution is 0.421. The van der Waals surface area contributed by atoms with Gasteiger partial charge in [0.2, 0.25) is 5.88 Å². The molecular weight excluding hydrogens is 356 g/mol. The van der Waals surface area contributed by atoms with Crippen LogP contribution in [0.25, 0.3) is 5.69 Å². The number of halogens is 2. The molecule has 0 radical (unpaired) electrons. The van der Waals surface area contributed by atoms with Crippen LogP contribution in [0.4, 0.5) is 0 Å². The van der Waals surface area contributed by atoms with Crippen molar-refractivity contribution in [2.45, 2.75) is 5.88 Å². The molecular formula is C14H10BrClN4O. The topological polar surface area (TPSA) is 52.8 Å². The summed E-state index contributed by atoms with van der Waals surface area (Å²) in [6.45, 7) is 0. The number of hydrogen-bond donors (Lipinski definition) is 0. The summed E-state index contributed by atoms with van der Waals surface area (Å²) < 4.78 is 8.07. The monoisotopic (exact) mass is 364 g/mol. The van der Waals surface area contributed by atoms with E-state index in [0.29, 0.717) is 11.8 Å². The largest absolute Gasteiger partial charge is 0.404 e. The van der Waals surface area contributed by atoms with E-state index < -0.39 is 0 Å². The molecule has 2 aromatic heterocycles. The molecule has 2 heterocycles. The number of hydrogen-bond acceptors (Lipinski definition) is 4. The van der Waals surface area contributed by atoms with Crippen LogP contribution in [-0.2, 0) is 5.88 Å². The molecule has 1 aromatic carbocycles. The third kappa shape index (κ3) is 3.22. The highest BCUT2D eigenvalue weighted by molar-refractivity contribution is 9.10. The van der Waals surface area contributed by atoms with Gasteiger partial charge in [0.25, 0.3) is 0 Å². The maximum absolute atomic E-state index is 5.88. The van der Waals surface area contributed by atoms with Gasteiger partial charge in [-0.1, -0.05) is 18.2 Å². The van der Waals surface area contributed by atoms with Crippen molar-refractivity contribution in [2.24, 2.45) is 0 Å². The Morgan fingerprint density at radius 1 is 1.19 bits per heavy atom. The highest BCUT2D eigenvalue weighted by Gasteiger charge is 2.10. The average Bonchev–Trinajstić information content (AvgIpc) is 2.98. The molecule has 0 saturated carbocycles. The smallest absolute Gasteiger partial charge is 0.342 e. The summed E-state index contributed by atoms with van der Waals surface area (Å²) in [5.41, 5.74) is 1.67. The molecule has 21 heavy (non-hydrogen) atoms. The van der Waals surface area contributed by atoms with Crippen LogP contribution >= 0.6 is 27.5 Å². The van der Waals surface area contributed by atoms with Crippen LogP contribution in [0.15, 0.2) is 53.4 Å². The fourth-order valence-corrected chi connectivity index (χ4v) is 2.31. The molecule has 0 aliphatic carbocycles. The van der Waals surface area contributed by atoms with E-state index in [4.69, 9.17) is 16.3 Å². The Balaban J connectivity index is 1.85. The summed E-state index contributed by atoms with van der Waals surface area (Å²) in [5, 5.41) is 4.26. The van der Waals surface area contributed by atoms with Gasteiger partial charge in [0, 0.05) is 16.2 Å². The molecule has 0 N–H and O–H groups in total. The molecule has 3 aromatic rings. The van der Waals surface area contributed by atoms with Crippen molar-refractivity contribution in [1.82, 2.24) is 19.7 Å². The van der Waals surface area contributed by atoms with Gasteiger partial charge in [-0.05, 0) is 34.1 Å². The Kier molecular flexibility index (Phi) is 4.17. The van der Waals surface area contributed by atoms with Crippen LogP contribution in [0.2, 0.25) is 0 Å². The van der Waals surface area contributed by atoms with Crippen molar-refractivity contribution in [3.63, 3.8) is 0 Å². The van der Waals surface area contributed by atoms with Gasteiger partial charge in [0.1, 0.15) is 6.33 Å². The van der Waals surface area contributed by atoms with Crippen LogP contribution in [0.1, 0.15) is 5.56 Å². The number of alkyl halides is 1. The van der Waals surface area contributed by atoms with E-state index in [1.165, 1.54) is 0 Å². The van der Waals surface area contributed by atoms with Crippen molar-refractivity contribution in [2.75, 3.05) is 0 Å². The minimum absolute atomic E-state index is 0.222. The number of ether oxygens (including phenoxy) is 1. The molecule has 7 heteroatoms. The first kappa shape index (κ1) is 14.0. The molecule has 106 valence electrons. The van der Waals surface area contributed by atoms with E-state index in [1.54, 1.807) is 17.2 Å². The van der Waals surface area contributed by atoms with Gasteiger partial charge in [-0.2, -0.15) is 4.98 Å². The van der Waals surface area contributed by atoms with Crippen LogP contribution in [0.3, 0.4) is 0 Å². The summed E-state index contributed by atoms with van der Waals surface area (Å²) in [6, 6.07) is 11.7. The van der Waals surface area contributed by atoms with Gasteiger partial charge in [-0.15, -0.1) is 16.7 Å². The minimum atomic E-state index is 0.222. The number of aromatic nitrogens is 4. The molecule has 0 aliphatic heterocycles. The zero-order chi connectivity index (χ0) is 14.7. The molecule has 0 amide bonds. The van der Waals surface area contributed by atoms with E-state index in [-0.39, 0.29) is 6.01 Å². The molecule has 0 fully saturated rings. The molecule has 0 spiro atoms. The lowest BCUT2D eigenvalue weighted by Crippen LogP contribution is -1.97. The summed E-state index contributed by atoms with van der Waals surface area (Å²) in [7, 11) is 0. The second-order valence-corrected chi connectivity index (χ2v) is 5.34. The van der Waals surface area contributed by atoms with Gasteiger partial charge < -0.3 is 4.74 Å². The summed E-state index contributed by atoms with van der Waals surface area (Å²) >= 11 is 9.23. The Bertz CT molecular complexity index is 748. The third-order valence-corrected chi connectivity index (χ3v) is 3.44. The van der Waals surface area contributed by atoms with Crippen LogP contribution in [0.5, 0.6) is 11.9 Å². The fraction of sp³-hybridized carbons (Fsp3) is 0.0714. The van der Waals surface area contributed by atoms with Gasteiger partial charge in [0.15, 0.2) is 0 Å². The van der Waals surface area contributed by atoms with E-state index in [2.05, 4.69) is 31.0 Å². The van der Waals surface area contributed by atoms with Gasteiger partial charge >= 0.3 is 6.01 Å². The van der Waals surface area contributed by atoms with Gasteiger partial charge in [-0.25, -0.2) is 9.67 Å². The summed E-state index contributed by atoms with van der Waals surface area (Å²) in [5.74, 6) is 0.695. The normalized spacial score (nSPS) is 10.6. The van der Waals surface area contributed by atoms with Gasteiger partial charge in [-0.3, -0.25) is 0 Å². The van der Waals surface area contributed by atoms with Crippen LogP contribution in [-0.4, -0.2) is 19.7 Å². The van der Waals surface area contributed by atoms with E-state index in [0.717, 1.165) is 15.7 Å². The molecule has 5 nitrogen and oxygen atoms in total. The first-order valence-electron chi connectivity index (χ1n) is 6.11. The quantitative estimate of drug-likeness (QED) is 0.657. The summed E-state index contributed by atoms with van der Waals surface area (Å²) in [4.78, 5) is 8.30. The maximum atomic E-state index is 5.88. The van der Waals surface area contributed by atoms with Crippen LogP contribution in [0, 0.1) is 0 Å². The molecule has 0 saturated heterocycles. The lowest BCUT2D eigenvalue weighted by atomic mass is 10.3. The maximum Gasteiger partial charge on any atom is 0.342 e. The number of nitrogens with zero attached hydrogens (tertiary/aromatic N) is 4. The van der Waals surface area contributed by atoms with Crippen molar-refractivity contribution >= 4 is 27.5 Å². The van der Waals surface area contributed by atoms with E-state index in [1.807, 2.05) is 36.4 Å². The Morgan fingerprint density at radius 3 is 2.76 bits per heavy atom. The third-order valence-electron chi connectivity index (χ3n) is 2.72. The number of para-hydroxylation sites is 1. The number of benzene rings is 1. The van der Waals surface area contributed by atoms with Crippen LogP contribution < -0.4 is 4.74 Å². The Labute approximate surface area is 134 Å². The zero-order valence-electron chi connectivity index (χ0n) is 10.8. The average molecular weight is 366 g/mol. The first-order valence-corrected chi connectivity index (χ1v) is 7.44. The number of pyridine rings is 1. The summed E-state index contributed by atoms with van der Waals surface area (Å²) in [6.07, 6.45) is 3.23. The minimum Gasteiger partial charge on any atom is -0.404 e. The highest BCUT2D eigenvalue weighted by Crippen LogP contribution is 2.25. The second kappa shape index (κ2) is 6.24.